The standard InChI is InChI=1S/C16H19BrFNO5/c1-4-9(2)14(16(22)23-3)19-13(20)8-24-15(21)11-7-10(18)5-6-12(11)17/h5-7,9,14H,4,8H2,1-3H3,(H,19,20)/t9-,14-/m0/s1. The molecule has 0 aromatic heterocycles. The minimum Gasteiger partial charge on any atom is -0.467 e. The molecule has 0 aliphatic rings. The van der Waals surface area contributed by atoms with Crippen molar-refractivity contribution in [3.8, 4) is 0 Å². The van der Waals surface area contributed by atoms with Crippen LogP contribution in [-0.4, -0.2) is 37.6 Å². The van der Waals surface area contributed by atoms with E-state index in [0.29, 0.717) is 10.9 Å². The van der Waals surface area contributed by atoms with Gasteiger partial charge in [-0.15, -0.1) is 0 Å². The molecule has 0 heterocycles. The molecule has 0 fully saturated rings. The predicted molar refractivity (Wildman–Crippen MR) is 87.8 cm³/mol. The smallest absolute Gasteiger partial charge is 0.339 e. The zero-order valence-corrected chi connectivity index (χ0v) is 15.2. The van der Waals surface area contributed by atoms with E-state index >= 15 is 0 Å². The number of nitrogens with one attached hydrogen (secondary N) is 1. The number of carbonyl (C=O) groups excluding carboxylic acids is 3. The van der Waals surface area contributed by atoms with Crippen LogP contribution in [0.5, 0.6) is 0 Å². The highest BCUT2D eigenvalue weighted by molar-refractivity contribution is 9.10. The van der Waals surface area contributed by atoms with Crippen molar-refractivity contribution in [2.75, 3.05) is 13.7 Å². The minimum absolute atomic E-state index is 0.0331. The molecule has 1 amide bonds. The summed E-state index contributed by atoms with van der Waals surface area (Å²) in [6, 6.07) is 2.72. The van der Waals surface area contributed by atoms with E-state index in [1.807, 2.05) is 6.92 Å². The van der Waals surface area contributed by atoms with Crippen molar-refractivity contribution in [2.45, 2.75) is 26.3 Å². The number of benzene rings is 1. The van der Waals surface area contributed by atoms with Crippen LogP contribution >= 0.6 is 15.9 Å². The van der Waals surface area contributed by atoms with Gasteiger partial charge in [0.15, 0.2) is 6.61 Å². The molecule has 132 valence electrons. The summed E-state index contributed by atoms with van der Waals surface area (Å²) >= 11 is 3.11. The van der Waals surface area contributed by atoms with Gasteiger partial charge in [-0.2, -0.15) is 0 Å². The average Bonchev–Trinajstić information content (AvgIpc) is 2.58. The van der Waals surface area contributed by atoms with Crippen molar-refractivity contribution >= 4 is 33.8 Å². The molecule has 0 aliphatic carbocycles. The molecule has 0 aliphatic heterocycles. The Morgan fingerprint density at radius 3 is 2.58 bits per heavy atom. The lowest BCUT2D eigenvalue weighted by atomic mass is 9.99. The molecule has 1 aromatic rings. The second-order valence-corrected chi connectivity index (χ2v) is 6.01. The summed E-state index contributed by atoms with van der Waals surface area (Å²) in [5.41, 5.74) is -0.0331. The van der Waals surface area contributed by atoms with Crippen LogP contribution in [0.4, 0.5) is 4.39 Å². The Morgan fingerprint density at radius 1 is 1.33 bits per heavy atom. The fourth-order valence-corrected chi connectivity index (χ4v) is 2.28. The Balaban J connectivity index is 2.66. The van der Waals surface area contributed by atoms with Crippen molar-refractivity contribution in [3.63, 3.8) is 0 Å². The van der Waals surface area contributed by atoms with E-state index in [0.717, 1.165) is 6.07 Å². The summed E-state index contributed by atoms with van der Waals surface area (Å²) < 4.78 is 23.0. The van der Waals surface area contributed by atoms with Gasteiger partial charge in [0.1, 0.15) is 11.9 Å². The first kappa shape index (κ1) is 20.1. The Kier molecular flexibility index (Phi) is 7.84. The second kappa shape index (κ2) is 9.36. The lowest BCUT2D eigenvalue weighted by Crippen LogP contribution is -2.47. The highest BCUT2D eigenvalue weighted by Crippen LogP contribution is 2.18. The van der Waals surface area contributed by atoms with E-state index in [4.69, 9.17) is 4.74 Å². The number of carbonyl (C=O) groups is 3. The van der Waals surface area contributed by atoms with Gasteiger partial charge in [-0.3, -0.25) is 4.79 Å². The predicted octanol–water partition coefficient (Wildman–Crippen LogP) is 2.45. The maximum Gasteiger partial charge on any atom is 0.339 e. The number of methoxy groups -OCH3 is 1. The molecule has 1 aromatic carbocycles. The fraction of sp³-hybridized carbons (Fsp3) is 0.438. The summed E-state index contributed by atoms with van der Waals surface area (Å²) in [4.78, 5) is 35.5. The van der Waals surface area contributed by atoms with E-state index < -0.39 is 36.3 Å². The average molecular weight is 404 g/mol. The normalized spacial score (nSPS) is 12.9. The van der Waals surface area contributed by atoms with Crippen LogP contribution in [0.15, 0.2) is 22.7 Å². The van der Waals surface area contributed by atoms with Gasteiger partial charge in [-0.05, 0) is 40.0 Å². The molecule has 1 rings (SSSR count). The van der Waals surface area contributed by atoms with Crippen LogP contribution < -0.4 is 5.32 Å². The molecule has 6 nitrogen and oxygen atoms in total. The van der Waals surface area contributed by atoms with E-state index in [1.54, 1.807) is 6.92 Å². The quantitative estimate of drug-likeness (QED) is 0.707. The van der Waals surface area contributed by atoms with Crippen molar-refractivity contribution in [2.24, 2.45) is 5.92 Å². The molecule has 8 heteroatoms. The van der Waals surface area contributed by atoms with Gasteiger partial charge < -0.3 is 14.8 Å². The molecule has 24 heavy (non-hydrogen) atoms. The van der Waals surface area contributed by atoms with Gasteiger partial charge in [0.2, 0.25) is 0 Å². The lowest BCUT2D eigenvalue weighted by molar-refractivity contribution is -0.147. The van der Waals surface area contributed by atoms with Crippen molar-refractivity contribution in [1.29, 1.82) is 0 Å². The number of amides is 1. The molecule has 0 saturated carbocycles. The first-order chi connectivity index (χ1) is 11.3. The van der Waals surface area contributed by atoms with E-state index in [9.17, 15) is 18.8 Å². The molecule has 0 saturated heterocycles. The third-order valence-corrected chi connectivity index (χ3v) is 4.16. The van der Waals surface area contributed by atoms with Crippen LogP contribution in [0.25, 0.3) is 0 Å². The van der Waals surface area contributed by atoms with Crippen molar-refractivity contribution < 1.29 is 28.2 Å². The lowest BCUT2D eigenvalue weighted by Gasteiger charge is -2.21. The number of halogens is 2. The SMILES string of the molecule is CC[C@H](C)[C@H](NC(=O)COC(=O)c1cc(F)ccc1Br)C(=O)OC. The number of hydrogen-bond donors (Lipinski definition) is 1. The van der Waals surface area contributed by atoms with Crippen molar-refractivity contribution in [3.05, 3.63) is 34.1 Å². The summed E-state index contributed by atoms with van der Waals surface area (Å²) in [5, 5.41) is 2.47. The molecule has 1 N–H and O–H groups in total. The first-order valence-electron chi connectivity index (χ1n) is 7.29. The highest BCUT2D eigenvalue weighted by atomic mass is 79.9. The zero-order chi connectivity index (χ0) is 18.3. The number of hydrogen-bond acceptors (Lipinski definition) is 5. The maximum absolute atomic E-state index is 13.2. The summed E-state index contributed by atoms with van der Waals surface area (Å²) in [6.07, 6.45) is 0.649. The van der Waals surface area contributed by atoms with Crippen LogP contribution in [0.1, 0.15) is 30.6 Å². The summed E-state index contributed by atoms with van der Waals surface area (Å²) in [6.45, 7) is 3.07. The van der Waals surface area contributed by atoms with Gasteiger partial charge in [-0.1, -0.05) is 20.3 Å². The van der Waals surface area contributed by atoms with Crippen LogP contribution in [-0.2, 0) is 19.1 Å². The zero-order valence-electron chi connectivity index (χ0n) is 13.6. The molecule has 0 radical (unpaired) electrons. The first-order valence-corrected chi connectivity index (χ1v) is 8.08. The van der Waals surface area contributed by atoms with Gasteiger partial charge in [0.25, 0.3) is 5.91 Å². The van der Waals surface area contributed by atoms with Crippen molar-refractivity contribution in [1.82, 2.24) is 5.32 Å². The molecule has 2 atom stereocenters. The van der Waals surface area contributed by atoms with Crippen LogP contribution in [0, 0.1) is 11.7 Å². The van der Waals surface area contributed by atoms with Gasteiger partial charge in [-0.25, -0.2) is 14.0 Å². The largest absolute Gasteiger partial charge is 0.467 e. The van der Waals surface area contributed by atoms with Gasteiger partial charge in [0, 0.05) is 4.47 Å². The van der Waals surface area contributed by atoms with E-state index in [1.165, 1.54) is 19.2 Å². The van der Waals surface area contributed by atoms with Crippen LogP contribution in [0.2, 0.25) is 0 Å². The van der Waals surface area contributed by atoms with Gasteiger partial charge >= 0.3 is 11.9 Å². The number of rotatable bonds is 7. The molecular formula is C16H19BrFNO5. The number of ether oxygens (including phenoxy) is 2. The van der Waals surface area contributed by atoms with Gasteiger partial charge in [0.05, 0.1) is 12.7 Å². The monoisotopic (exact) mass is 403 g/mol. The summed E-state index contributed by atoms with van der Waals surface area (Å²) in [7, 11) is 1.23. The Bertz CT molecular complexity index is 622. The molecule has 0 unspecified atom stereocenters. The topological polar surface area (TPSA) is 81.7 Å². The number of esters is 2. The third-order valence-electron chi connectivity index (χ3n) is 3.47. The second-order valence-electron chi connectivity index (χ2n) is 5.15. The highest BCUT2D eigenvalue weighted by Gasteiger charge is 2.27. The maximum atomic E-state index is 13.2. The molecule has 0 bridgehead atoms. The molecular weight excluding hydrogens is 385 g/mol. The van der Waals surface area contributed by atoms with E-state index in [-0.39, 0.29) is 11.5 Å². The third kappa shape index (κ3) is 5.59. The molecule has 0 spiro atoms. The Morgan fingerprint density at radius 2 is 2.00 bits per heavy atom. The Labute approximate surface area is 147 Å². The van der Waals surface area contributed by atoms with E-state index in [2.05, 4.69) is 26.0 Å². The minimum atomic E-state index is -0.852. The summed E-state index contributed by atoms with van der Waals surface area (Å²) in [5.74, 6) is -2.82. The van der Waals surface area contributed by atoms with Crippen LogP contribution in [0.3, 0.4) is 0 Å². The Hall–Kier alpha value is -1.96. The fourth-order valence-electron chi connectivity index (χ4n) is 1.87.